The van der Waals surface area contributed by atoms with Crippen molar-refractivity contribution in [2.45, 2.75) is 6.42 Å². The van der Waals surface area contributed by atoms with Crippen molar-refractivity contribution >= 4 is 45.5 Å². The van der Waals surface area contributed by atoms with E-state index in [1.165, 1.54) is 16.8 Å². The highest BCUT2D eigenvalue weighted by atomic mass is 32.1. The van der Waals surface area contributed by atoms with E-state index in [0.717, 1.165) is 39.4 Å². The molecule has 1 amide bonds. The second-order valence-corrected chi connectivity index (χ2v) is 7.87. The van der Waals surface area contributed by atoms with E-state index < -0.39 is 6.09 Å². The van der Waals surface area contributed by atoms with Crippen LogP contribution in [0, 0.1) is 0 Å². The Bertz CT molecular complexity index is 1250. The number of anilines is 2. The second-order valence-electron chi connectivity index (χ2n) is 7.09. The number of aromatic nitrogens is 3. The molecule has 150 valence electrons. The molecule has 0 fully saturated rings. The number of carboxylic acid groups (broad SMARTS) is 1. The molecule has 0 aliphatic carbocycles. The van der Waals surface area contributed by atoms with Crippen LogP contribution < -0.4 is 5.32 Å². The molecule has 1 aliphatic heterocycles. The summed E-state index contributed by atoms with van der Waals surface area (Å²) in [6.45, 7) is 0.884. The summed E-state index contributed by atoms with van der Waals surface area (Å²) in [5.41, 5.74) is 6.09. The van der Waals surface area contributed by atoms with Gasteiger partial charge < -0.3 is 20.3 Å². The van der Waals surface area contributed by atoms with Gasteiger partial charge in [-0.05, 0) is 58.1 Å². The van der Waals surface area contributed by atoms with Gasteiger partial charge in [0.1, 0.15) is 17.8 Å². The molecular weight excluding hydrogens is 398 g/mol. The number of benzene rings is 1. The van der Waals surface area contributed by atoms with Crippen molar-refractivity contribution < 1.29 is 9.90 Å². The standard InChI is InChI=1S/C22H19N5O2S/c28-22(29)27-7-4-14(5-8-27)19-11-18-20(23-13-24-21(18)26-19)25-17-3-1-2-15(10-17)16-6-9-30-12-16/h1-4,6,9-13H,5,7-8H2,(H,28,29)(H2,23,24,25,26). The number of fused-ring (bicyclic) bond motifs is 1. The zero-order valence-electron chi connectivity index (χ0n) is 16.0. The Balaban J connectivity index is 1.44. The fourth-order valence-corrected chi connectivity index (χ4v) is 4.31. The molecule has 3 aromatic heterocycles. The molecule has 0 saturated carbocycles. The molecule has 0 spiro atoms. The molecule has 3 N–H and O–H groups in total. The smallest absolute Gasteiger partial charge is 0.407 e. The van der Waals surface area contributed by atoms with Gasteiger partial charge in [0.2, 0.25) is 0 Å². The van der Waals surface area contributed by atoms with E-state index in [0.29, 0.717) is 19.5 Å². The number of amides is 1. The lowest BCUT2D eigenvalue weighted by Gasteiger charge is -2.23. The van der Waals surface area contributed by atoms with Crippen molar-refractivity contribution in [3.05, 3.63) is 65.3 Å². The number of rotatable bonds is 4. The molecule has 1 aromatic carbocycles. The predicted molar refractivity (Wildman–Crippen MR) is 119 cm³/mol. The van der Waals surface area contributed by atoms with Crippen molar-refractivity contribution in [2.75, 3.05) is 18.4 Å². The summed E-state index contributed by atoms with van der Waals surface area (Å²) in [5.74, 6) is 0.730. The Morgan fingerprint density at radius 3 is 2.90 bits per heavy atom. The second kappa shape index (κ2) is 7.64. The number of nitrogens with one attached hydrogen (secondary N) is 2. The van der Waals surface area contributed by atoms with E-state index in [2.05, 4.69) is 49.2 Å². The minimum Gasteiger partial charge on any atom is -0.465 e. The van der Waals surface area contributed by atoms with Gasteiger partial charge in [-0.15, -0.1) is 0 Å². The molecule has 0 saturated heterocycles. The van der Waals surface area contributed by atoms with Crippen LogP contribution in [0.1, 0.15) is 12.1 Å². The first kappa shape index (κ1) is 18.4. The van der Waals surface area contributed by atoms with Gasteiger partial charge in [-0.25, -0.2) is 14.8 Å². The van der Waals surface area contributed by atoms with Crippen LogP contribution in [0.25, 0.3) is 27.7 Å². The first-order valence-corrected chi connectivity index (χ1v) is 10.5. The molecule has 0 bridgehead atoms. The van der Waals surface area contributed by atoms with E-state index in [4.69, 9.17) is 5.11 Å². The van der Waals surface area contributed by atoms with Crippen LogP contribution in [0.4, 0.5) is 16.3 Å². The molecule has 0 atom stereocenters. The van der Waals surface area contributed by atoms with E-state index >= 15 is 0 Å². The van der Waals surface area contributed by atoms with E-state index in [9.17, 15) is 4.79 Å². The third-order valence-corrected chi connectivity index (χ3v) is 5.91. The minimum atomic E-state index is -0.885. The Morgan fingerprint density at radius 2 is 2.13 bits per heavy atom. The third kappa shape index (κ3) is 3.53. The predicted octanol–water partition coefficient (Wildman–Crippen LogP) is 5.20. The number of nitrogens with zero attached hydrogens (tertiary/aromatic N) is 3. The molecule has 0 radical (unpaired) electrons. The van der Waals surface area contributed by atoms with Gasteiger partial charge in [0, 0.05) is 24.5 Å². The van der Waals surface area contributed by atoms with Gasteiger partial charge in [-0.3, -0.25) is 0 Å². The van der Waals surface area contributed by atoms with E-state index in [1.807, 2.05) is 24.3 Å². The Hall–Kier alpha value is -3.65. The monoisotopic (exact) mass is 417 g/mol. The quantitative estimate of drug-likeness (QED) is 0.424. The normalized spacial score (nSPS) is 14.0. The van der Waals surface area contributed by atoms with Crippen LogP contribution in [-0.2, 0) is 0 Å². The van der Waals surface area contributed by atoms with Gasteiger partial charge in [0.05, 0.1) is 5.39 Å². The highest BCUT2D eigenvalue weighted by Gasteiger charge is 2.18. The van der Waals surface area contributed by atoms with Crippen molar-refractivity contribution in [2.24, 2.45) is 0 Å². The summed E-state index contributed by atoms with van der Waals surface area (Å²) in [7, 11) is 0. The van der Waals surface area contributed by atoms with Gasteiger partial charge >= 0.3 is 6.09 Å². The molecule has 4 aromatic rings. The van der Waals surface area contributed by atoms with Crippen molar-refractivity contribution in [1.82, 2.24) is 19.9 Å². The van der Waals surface area contributed by atoms with Crippen LogP contribution in [0.3, 0.4) is 0 Å². The first-order chi connectivity index (χ1) is 14.7. The number of hydrogen-bond donors (Lipinski definition) is 3. The summed E-state index contributed by atoms with van der Waals surface area (Å²) in [6, 6.07) is 12.4. The zero-order chi connectivity index (χ0) is 20.5. The highest BCUT2D eigenvalue weighted by molar-refractivity contribution is 7.08. The maximum atomic E-state index is 11.1. The Kier molecular flexibility index (Phi) is 4.68. The van der Waals surface area contributed by atoms with Crippen molar-refractivity contribution in [3.63, 3.8) is 0 Å². The van der Waals surface area contributed by atoms with Gasteiger partial charge in [-0.1, -0.05) is 18.2 Å². The lowest BCUT2D eigenvalue weighted by Crippen LogP contribution is -2.33. The Morgan fingerprint density at radius 1 is 1.20 bits per heavy atom. The lowest BCUT2D eigenvalue weighted by atomic mass is 10.1. The molecular formula is C22H19N5O2S. The van der Waals surface area contributed by atoms with E-state index in [-0.39, 0.29) is 0 Å². The van der Waals surface area contributed by atoms with Crippen LogP contribution in [0.2, 0.25) is 0 Å². The summed E-state index contributed by atoms with van der Waals surface area (Å²) in [6.07, 6.45) is 3.27. The average Bonchev–Trinajstić information content (AvgIpc) is 3.45. The van der Waals surface area contributed by atoms with E-state index in [1.54, 1.807) is 11.3 Å². The first-order valence-electron chi connectivity index (χ1n) is 9.58. The summed E-state index contributed by atoms with van der Waals surface area (Å²) < 4.78 is 0. The SMILES string of the molecule is O=C(O)N1CC=C(c2cc3c(Nc4cccc(-c5ccsc5)c4)ncnc3[nH]2)CC1. The molecule has 0 unspecified atom stereocenters. The average molecular weight is 417 g/mol. The molecule has 30 heavy (non-hydrogen) atoms. The Labute approximate surface area is 176 Å². The van der Waals surface area contributed by atoms with Gasteiger partial charge in [0.25, 0.3) is 0 Å². The van der Waals surface area contributed by atoms with Crippen LogP contribution in [0.15, 0.2) is 59.6 Å². The lowest BCUT2D eigenvalue weighted by molar-refractivity contribution is 0.150. The van der Waals surface area contributed by atoms with Gasteiger partial charge in [0.15, 0.2) is 0 Å². The minimum absolute atomic E-state index is 0.395. The number of hydrogen-bond acceptors (Lipinski definition) is 5. The fourth-order valence-electron chi connectivity index (χ4n) is 3.64. The van der Waals surface area contributed by atoms with Crippen molar-refractivity contribution in [3.8, 4) is 11.1 Å². The number of carbonyl (C=O) groups is 1. The molecule has 1 aliphatic rings. The maximum absolute atomic E-state index is 11.1. The largest absolute Gasteiger partial charge is 0.465 e. The molecule has 5 rings (SSSR count). The maximum Gasteiger partial charge on any atom is 0.407 e. The van der Waals surface area contributed by atoms with Crippen LogP contribution >= 0.6 is 11.3 Å². The third-order valence-electron chi connectivity index (χ3n) is 5.23. The van der Waals surface area contributed by atoms with Crippen molar-refractivity contribution in [1.29, 1.82) is 0 Å². The summed E-state index contributed by atoms with van der Waals surface area (Å²) in [4.78, 5) is 24.7. The number of H-pyrrole nitrogens is 1. The topological polar surface area (TPSA) is 94.1 Å². The van der Waals surface area contributed by atoms with Gasteiger partial charge in [-0.2, -0.15) is 11.3 Å². The zero-order valence-corrected chi connectivity index (χ0v) is 16.8. The van der Waals surface area contributed by atoms with Crippen LogP contribution in [0.5, 0.6) is 0 Å². The number of aromatic amines is 1. The molecule has 7 nitrogen and oxygen atoms in total. The molecule has 8 heteroatoms. The summed E-state index contributed by atoms with van der Waals surface area (Å²) >= 11 is 1.68. The fraction of sp³-hybridized carbons (Fsp3) is 0.136. The number of thiophene rings is 1. The summed E-state index contributed by atoms with van der Waals surface area (Å²) in [5, 5.41) is 17.6. The highest BCUT2D eigenvalue weighted by Crippen LogP contribution is 2.30. The molecule has 4 heterocycles. The van der Waals surface area contributed by atoms with Crippen LogP contribution in [-0.4, -0.2) is 44.1 Å².